The van der Waals surface area contributed by atoms with Crippen LogP contribution in [-0.2, 0) is 11.3 Å². The van der Waals surface area contributed by atoms with Crippen molar-refractivity contribution in [2.75, 3.05) is 0 Å². The maximum absolute atomic E-state index is 10.7. The Morgan fingerprint density at radius 1 is 1.29 bits per heavy atom. The maximum atomic E-state index is 10.7. The topological polar surface area (TPSA) is 75.6 Å². The molecule has 1 amide bonds. The standard InChI is InChI=1S/C9H9NO4/c11-8(14-9(12)13)10-6-7-4-2-1-3-5-7/h1-5H,6H2,(H,10,11)(H,12,13). The van der Waals surface area contributed by atoms with Gasteiger partial charge in [-0.2, -0.15) is 0 Å². The Balaban J connectivity index is 2.34. The summed E-state index contributed by atoms with van der Waals surface area (Å²) in [7, 11) is 0. The van der Waals surface area contributed by atoms with Gasteiger partial charge in [0, 0.05) is 6.54 Å². The van der Waals surface area contributed by atoms with Gasteiger partial charge in [-0.3, -0.25) is 0 Å². The fourth-order valence-electron chi connectivity index (χ4n) is 0.885. The Bertz CT molecular complexity index is 323. The summed E-state index contributed by atoms with van der Waals surface area (Å²) in [5.74, 6) is 0. The highest BCUT2D eigenvalue weighted by molar-refractivity contribution is 5.79. The number of rotatable bonds is 2. The molecule has 14 heavy (non-hydrogen) atoms. The lowest BCUT2D eigenvalue weighted by atomic mass is 10.2. The van der Waals surface area contributed by atoms with Crippen LogP contribution in [0.25, 0.3) is 0 Å². The van der Waals surface area contributed by atoms with Crippen LogP contribution in [0, 0.1) is 0 Å². The third kappa shape index (κ3) is 3.57. The molecule has 0 heterocycles. The third-order valence-electron chi connectivity index (χ3n) is 1.46. The van der Waals surface area contributed by atoms with Gasteiger partial charge in [0.1, 0.15) is 0 Å². The van der Waals surface area contributed by atoms with E-state index in [2.05, 4.69) is 10.1 Å². The molecule has 0 bridgehead atoms. The lowest BCUT2D eigenvalue weighted by Crippen LogP contribution is -2.25. The van der Waals surface area contributed by atoms with Crippen molar-refractivity contribution in [1.29, 1.82) is 0 Å². The van der Waals surface area contributed by atoms with Gasteiger partial charge in [-0.15, -0.1) is 0 Å². The zero-order chi connectivity index (χ0) is 10.4. The summed E-state index contributed by atoms with van der Waals surface area (Å²) in [5, 5.41) is 10.4. The normalized spacial score (nSPS) is 9.14. The van der Waals surface area contributed by atoms with E-state index in [4.69, 9.17) is 5.11 Å². The fraction of sp³-hybridized carbons (Fsp3) is 0.111. The number of hydrogen-bond acceptors (Lipinski definition) is 3. The van der Waals surface area contributed by atoms with Gasteiger partial charge in [-0.05, 0) is 5.56 Å². The lowest BCUT2D eigenvalue weighted by Gasteiger charge is -2.02. The summed E-state index contributed by atoms with van der Waals surface area (Å²) >= 11 is 0. The first-order valence-corrected chi connectivity index (χ1v) is 3.91. The third-order valence-corrected chi connectivity index (χ3v) is 1.46. The van der Waals surface area contributed by atoms with Crippen LogP contribution < -0.4 is 5.32 Å². The first kappa shape index (κ1) is 10.0. The number of ether oxygens (including phenoxy) is 1. The van der Waals surface area contributed by atoms with E-state index in [1.807, 2.05) is 18.2 Å². The minimum atomic E-state index is -1.62. The van der Waals surface area contributed by atoms with Crippen molar-refractivity contribution >= 4 is 12.2 Å². The monoisotopic (exact) mass is 195 g/mol. The highest BCUT2D eigenvalue weighted by atomic mass is 16.7. The zero-order valence-corrected chi connectivity index (χ0v) is 7.27. The van der Waals surface area contributed by atoms with Crippen molar-refractivity contribution in [3.05, 3.63) is 35.9 Å². The van der Waals surface area contributed by atoms with E-state index >= 15 is 0 Å². The molecule has 5 heteroatoms. The molecule has 1 rings (SSSR count). The molecule has 0 aliphatic rings. The summed E-state index contributed by atoms with van der Waals surface area (Å²) in [4.78, 5) is 20.7. The van der Waals surface area contributed by atoms with Crippen LogP contribution in [0.1, 0.15) is 5.56 Å². The minimum Gasteiger partial charge on any atom is -0.449 e. The summed E-state index contributed by atoms with van der Waals surface area (Å²) < 4.78 is 3.84. The number of hydrogen-bond donors (Lipinski definition) is 2. The van der Waals surface area contributed by atoms with Gasteiger partial charge in [0.15, 0.2) is 0 Å². The Kier molecular flexibility index (Phi) is 3.49. The number of benzene rings is 1. The van der Waals surface area contributed by atoms with E-state index in [1.54, 1.807) is 12.1 Å². The second-order valence-corrected chi connectivity index (χ2v) is 2.49. The van der Waals surface area contributed by atoms with E-state index in [1.165, 1.54) is 0 Å². The molecular formula is C9H9NO4. The molecule has 1 aromatic carbocycles. The average molecular weight is 195 g/mol. The van der Waals surface area contributed by atoms with E-state index < -0.39 is 12.2 Å². The van der Waals surface area contributed by atoms with Crippen LogP contribution in [-0.4, -0.2) is 17.4 Å². The van der Waals surface area contributed by atoms with Crippen LogP contribution in [0.15, 0.2) is 30.3 Å². The fourth-order valence-corrected chi connectivity index (χ4v) is 0.885. The number of alkyl carbamates (subject to hydrolysis) is 1. The molecule has 0 aliphatic heterocycles. The van der Waals surface area contributed by atoms with Crippen LogP contribution in [0.5, 0.6) is 0 Å². The second kappa shape index (κ2) is 4.86. The largest absolute Gasteiger partial charge is 0.514 e. The molecule has 0 radical (unpaired) electrons. The molecule has 0 aromatic heterocycles. The Labute approximate surface area is 80.3 Å². The Hall–Kier alpha value is -2.04. The Morgan fingerprint density at radius 3 is 2.50 bits per heavy atom. The van der Waals surface area contributed by atoms with Crippen LogP contribution >= 0.6 is 0 Å². The van der Waals surface area contributed by atoms with Crippen molar-refractivity contribution in [2.24, 2.45) is 0 Å². The first-order valence-electron chi connectivity index (χ1n) is 3.91. The summed E-state index contributed by atoms with van der Waals surface area (Å²) in [5.41, 5.74) is 0.870. The van der Waals surface area contributed by atoms with Gasteiger partial charge in [-0.25, -0.2) is 9.59 Å². The maximum Gasteiger partial charge on any atom is 0.514 e. The molecular weight excluding hydrogens is 186 g/mol. The summed E-state index contributed by atoms with van der Waals surface area (Å²) in [6, 6.07) is 9.10. The summed E-state index contributed by atoms with van der Waals surface area (Å²) in [6.07, 6.45) is -2.59. The van der Waals surface area contributed by atoms with Crippen molar-refractivity contribution in [3.63, 3.8) is 0 Å². The van der Waals surface area contributed by atoms with E-state index in [-0.39, 0.29) is 6.54 Å². The lowest BCUT2D eigenvalue weighted by molar-refractivity contribution is 0.109. The first-order chi connectivity index (χ1) is 6.68. The molecule has 0 unspecified atom stereocenters. The van der Waals surface area contributed by atoms with Gasteiger partial charge in [0.25, 0.3) is 0 Å². The van der Waals surface area contributed by atoms with Crippen LogP contribution in [0.3, 0.4) is 0 Å². The summed E-state index contributed by atoms with van der Waals surface area (Å²) in [6.45, 7) is 0.243. The quantitative estimate of drug-likeness (QED) is 0.555. The second-order valence-electron chi connectivity index (χ2n) is 2.49. The average Bonchev–Trinajstić information content (AvgIpc) is 2.15. The predicted molar refractivity (Wildman–Crippen MR) is 47.8 cm³/mol. The van der Waals surface area contributed by atoms with Crippen molar-refractivity contribution in [1.82, 2.24) is 5.32 Å². The minimum absolute atomic E-state index is 0.243. The van der Waals surface area contributed by atoms with E-state index in [0.29, 0.717) is 0 Å². The number of carbonyl (C=O) groups is 2. The van der Waals surface area contributed by atoms with Gasteiger partial charge in [0.05, 0.1) is 0 Å². The molecule has 74 valence electrons. The molecule has 5 nitrogen and oxygen atoms in total. The Morgan fingerprint density at radius 2 is 1.93 bits per heavy atom. The van der Waals surface area contributed by atoms with Crippen molar-refractivity contribution in [2.45, 2.75) is 6.54 Å². The molecule has 0 saturated carbocycles. The van der Waals surface area contributed by atoms with Crippen LogP contribution in [0.4, 0.5) is 9.59 Å². The van der Waals surface area contributed by atoms with Crippen molar-refractivity contribution in [3.8, 4) is 0 Å². The molecule has 1 aromatic rings. The van der Waals surface area contributed by atoms with Gasteiger partial charge >= 0.3 is 12.2 Å². The molecule has 0 spiro atoms. The molecule has 2 N–H and O–H groups in total. The number of carbonyl (C=O) groups excluding carboxylic acids is 1. The molecule has 0 aliphatic carbocycles. The smallest absolute Gasteiger partial charge is 0.449 e. The SMILES string of the molecule is O=C(O)OC(=O)NCc1ccccc1. The molecule has 0 saturated heterocycles. The molecule has 0 atom stereocenters. The molecule has 0 fully saturated rings. The van der Waals surface area contributed by atoms with Gasteiger partial charge in [0.2, 0.25) is 0 Å². The number of carboxylic acid groups (broad SMARTS) is 1. The number of nitrogens with one attached hydrogen (secondary N) is 1. The number of amides is 1. The van der Waals surface area contributed by atoms with Gasteiger partial charge < -0.3 is 15.2 Å². The van der Waals surface area contributed by atoms with Crippen LogP contribution in [0.2, 0.25) is 0 Å². The highest BCUT2D eigenvalue weighted by Crippen LogP contribution is 1.97. The highest BCUT2D eigenvalue weighted by Gasteiger charge is 2.06. The van der Waals surface area contributed by atoms with E-state index in [0.717, 1.165) is 5.56 Å². The van der Waals surface area contributed by atoms with Crippen molar-refractivity contribution < 1.29 is 19.4 Å². The van der Waals surface area contributed by atoms with E-state index in [9.17, 15) is 9.59 Å². The zero-order valence-electron chi connectivity index (χ0n) is 7.27. The van der Waals surface area contributed by atoms with Gasteiger partial charge in [-0.1, -0.05) is 30.3 Å². The predicted octanol–water partition coefficient (Wildman–Crippen LogP) is 1.59.